The molecule has 0 radical (unpaired) electrons. The highest BCUT2D eigenvalue weighted by Gasteiger charge is 2.21. The van der Waals surface area contributed by atoms with Crippen molar-refractivity contribution >= 4 is 17.7 Å². The van der Waals surface area contributed by atoms with Crippen LogP contribution in [0.5, 0.6) is 0 Å². The van der Waals surface area contributed by atoms with Crippen LogP contribution in [-0.4, -0.2) is 34.4 Å². The highest BCUT2D eigenvalue weighted by atomic mass is 16.4. The second-order valence-electron chi connectivity index (χ2n) is 4.98. The molecule has 2 heterocycles. The molecule has 1 aliphatic rings. The Hall–Kier alpha value is -2.41. The van der Waals surface area contributed by atoms with Crippen LogP contribution in [0.2, 0.25) is 0 Å². The third kappa shape index (κ3) is 3.19. The minimum Gasteiger partial charge on any atom is -0.478 e. The Kier molecular flexibility index (Phi) is 3.83. The second-order valence-corrected chi connectivity index (χ2v) is 4.98. The van der Waals surface area contributed by atoms with Crippen LogP contribution in [0.15, 0.2) is 28.7 Å². The zero-order valence-corrected chi connectivity index (χ0v) is 11.4. The van der Waals surface area contributed by atoms with E-state index in [0.29, 0.717) is 23.5 Å². The van der Waals surface area contributed by atoms with Crippen LogP contribution < -0.4 is 10.6 Å². The number of carboxylic acids is 1. The molecule has 1 saturated heterocycles. The summed E-state index contributed by atoms with van der Waals surface area (Å²) < 4.78 is 5.63. The van der Waals surface area contributed by atoms with Crippen molar-refractivity contribution in [2.24, 2.45) is 0 Å². The Bertz CT molecular complexity index is 617. The summed E-state index contributed by atoms with van der Waals surface area (Å²) in [7, 11) is 0. The third-order valence-corrected chi connectivity index (χ3v) is 3.51. The molecule has 3 rings (SSSR count). The van der Waals surface area contributed by atoms with Gasteiger partial charge in [0.1, 0.15) is 0 Å². The van der Waals surface area contributed by atoms with Crippen LogP contribution in [-0.2, 0) is 0 Å². The number of carbonyl (C=O) groups is 1. The number of rotatable bonds is 4. The predicted molar refractivity (Wildman–Crippen MR) is 75.8 cm³/mol. The summed E-state index contributed by atoms with van der Waals surface area (Å²) in [6, 6.07) is 6.70. The molecular weight excluding hydrogens is 272 g/mol. The quantitative estimate of drug-likeness (QED) is 0.790. The SMILES string of the molecule is O=C(O)c1ccc(Nc2nnc(C3CCNCC3)o2)cc1. The number of anilines is 2. The van der Waals surface area contributed by atoms with Crippen molar-refractivity contribution in [2.45, 2.75) is 18.8 Å². The molecule has 0 aliphatic carbocycles. The number of hydrogen-bond donors (Lipinski definition) is 3. The first-order valence-electron chi connectivity index (χ1n) is 6.87. The molecule has 1 aliphatic heterocycles. The van der Waals surface area contributed by atoms with Gasteiger partial charge in [-0.3, -0.25) is 0 Å². The minimum atomic E-state index is -0.951. The Morgan fingerprint density at radius 3 is 2.62 bits per heavy atom. The number of aromatic carboxylic acids is 1. The summed E-state index contributed by atoms with van der Waals surface area (Å²) in [4.78, 5) is 10.8. The van der Waals surface area contributed by atoms with Gasteiger partial charge in [0.15, 0.2) is 0 Å². The summed E-state index contributed by atoms with van der Waals surface area (Å²) in [6.07, 6.45) is 1.99. The molecule has 1 aromatic carbocycles. The van der Waals surface area contributed by atoms with Gasteiger partial charge in [-0.1, -0.05) is 5.10 Å². The first kappa shape index (κ1) is 13.6. The number of piperidine rings is 1. The van der Waals surface area contributed by atoms with Crippen LogP contribution in [0.3, 0.4) is 0 Å². The summed E-state index contributed by atoms with van der Waals surface area (Å²) in [6.45, 7) is 1.93. The lowest BCUT2D eigenvalue weighted by Crippen LogP contribution is -2.26. The highest BCUT2D eigenvalue weighted by molar-refractivity contribution is 5.88. The van der Waals surface area contributed by atoms with Crippen molar-refractivity contribution in [3.63, 3.8) is 0 Å². The van der Waals surface area contributed by atoms with Crippen molar-refractivity contribution < 1.29 is 14.3 Å². The van der Waals surface area contributed by atoms with E-state index < -0.39 is 5.97 Å². The average molecular weight is 288 g/mol. The number of nitrogens with zero attached hydrogens (tertiary/aromatic N) is 2. The van der Waals surface area contributed by atoms with Gasteiger partial charge >= 0.3 is 12.0 Å². The molecule has 2 aromatic rings. The normalized spacial score (nSPS) is 15.8. The molecule has 0 unspecified atom stereocenters. The molecule has 3 N–H and O–H groups in total. The number of benzene rings is 1. The molecular formula is C14H16N4O3. The van der Waals surface area contributed by atoms with Crippen molar-refractivity contribution in [3.05, 3.63) is 35.7 Å². The van der Waals surface area contributed by atoms with Crippen molar-refractivity contribution in [1.29, 1.82) is 0 Å². The zero-order chi connectivity index (χ0) is 14.7. The topological polar surface area (TPSA) is 100 Å². The fourth-order valence-electron chi connectivity index (χ4n) is 2.34. The van der Waals surface area contributed by atoms with Gasteiger partial charge < -0.3 is 20.2 Å². The molecule has 21 heavy (non-hydrogen) atoms. The van der Waals surface area contributed by atoms with Crippen molar-refractivity contribution in [1.82, 2.24) is 15.5 Å². The van der Waals surface area contributed by atoms with E-state index in [-0.39, 0.29) is 5.56 Å². The lowest BCUT2D eigenvalue weighted by Gasteiger charge is -2.18. The fourth-order valence-corrected chi connectivity index (χ4v) is 2.34. The largest absolute Gasteiger partial charge is 0.478 e. The molecule has 7 nitrogen and oxygen atoms in total. The molecule has 1 aromatic heterocycles. The van der Waals surface area contributed by atoms with Gasteiger partial charge in [-0.2, -0.15) is 0 Å². The number of nitrogens with one attached hydrogen (secondary N) is 2. The van der Waals surface area contributed by atoms with Gasteiger partial charge in [0.05, 0.1) is 5.56 Å². The van der Waals surface area contributed by atoms with E-state index in [9.17, 15) is 4.79 Å². The summed E-state index contributed by atoms with van der Waals surface area (Å²) in [5.41, 5.74) is 0.946. The molecule has 0 atom stereocenters. The van der Waals surface area contributed by atoms with Crippen LogP contribution in [0.1, 0.15) is 35.0 Å². The average Bonchev–Trinajstić information content (AvgIpc) is 2.97. The van der Waals surface area contributed by atoms with E-state index in [1.165, 1.54) is 12.1 Å². The Morgan fingerprint density at radius 1 is 1.24 bits per heavy atom. The van der Waals surface area contributed by atoms with E-state index >= 15 is 0 Å². The summed E-state index contributed by atoms with van der Waals surface area (Å²) in [5.74, 6) is 0.0115. The fraction of sp³-hybridized carbons (Fsp3) is 0.357. The van der Waals surface area contributed by atoms with Gasteiger partial charge in [-0.05, 0) is 50.2 Å². The molecule has 110 valence electrons. The second kappa shape index (κ2) is 5.92. The van der Waals surface area contributed by atoms with Gasteiger partial charge in [0.2, 0.25) is 5.89 Å². The first-order valence-corrected chi connectivity index (χ1v) is 6.87. The number of carboxylic acid groups (broad SMARTS) is 1. The Labute approximate surface area is 121 Å². The predicted octanol–water partition coefficient (Wildman–Crippen LogP) is 1.98. The van der Waals surface area contributed by atoms with Crippen LogP contribution >= 0.6 is 0 Å². The maximum atomic E-state index is 10.8. The summed E-state index contributed by atoms with van der Waals surface area (Å²) in [5, 5.41) is 23.2. The Morgan fingerprint density at radius 2 is 1.95 bits per heavy atom. The van der Waals surface area contributed by atoms with Gasteiger partial charge in [0.25, 0.3) is 0 Å². The van der Waals surface area contributed by atoms with E-state index in [1.807, 2.05) is 0 Å². The molecule has 0 spiro atoms. The third-order valence-electron chi connectivity index (χ3n) is 3.51. The number of aromatic nitrogens is 2. The maximum Gasteiger partial charge on any atom is 0.335 e. The molecule has 7 heteroatoms. The van der Waals surface area contributed by atoms with Gasteiger partial charge in [-0.15, -0.1) is 5.10 Å². The molecule has 0 bridgehead atoms. The first-order chi connectivity index (χ1) is 10.2. The van der Waals surface area contributed by atoms with E-state index in [1.54, 1.807) is 12.1 Å². The van der Waals surface area contributed by atoms with Crippen LogP contribution in [0.4, 0.5) is 11.7 Å². The standard InChI is InChI=1S/C14H16N4O3/c19-13(20)10-1-3-11(4-2-10)16-14-18-17-12(21-14)9-5-7-15-8-6-9/h1-4,9,15H,5-8H2,(H,16,18)(H,19,20). The minimum absolute atomic E-state index is 0.237. The number of hydrogen-bond acceptors (Lipinski definition) is 6. The molecule has 0 saturated carbocycles. The van der Waals surface area contributed by atoms with Gasteiger partial charge in [-0.25, -0.2) is 4.79 Å². The lowest BCUT2D eigenvalue weighted by atomic mass is 9.98. The maximum absolute atomic E-state index is 10.8. The van der Waals surface area contributed by atoms with Gasteiger partial charge in [0, 0.05) is 11.6 Å². The van der Waals surface area contributed by atoms with Crippen molar-refractivity contribution in [3.8, 4) is 0 Å². The highest BCUT2D eigenvalue weighted by Crippen LogP contribution is 2.26. The van der Waals surface area contributed by atoms with Crippen LogP contribution in [0.25, 0.3) is 0 Å². The summed E-state index contributed by atoms with van der Waals surface area (Å²) >= 11 is 0. The monoisotopic (exact) mass is 288 g/mol. The molecule has 0 amide bonds. The smallest absolute Gasteiger partial charge is 0.335 e. The van der Waals surface area contributed by atoms with E-state index in [0.717, 1.165) is 25.9 Å². The molecule has 1 fully saturated rings. The van der Waals surface area contributed by atoms with Crippen molar-refractivity contribution in [2.75, 3.05) is 18.4 Å². The van der Waals surface area contributed by atoms with E-state index in [4.69, 9.17) is 9.52 Å². The zero-order valence-electron chi connectivity index (χ0n) is 11.4. The van der Waals surface area contributed by atoms with E-state index in [2.05, 4.69) is 20.8 Å². The Balaban J connectivity index is 1.67. The lowest BCUT2D eigenvalue weighted by molar-refractivity contribution is 0.0697. The van der Waals surface area contributed by atoms with Crippen LogP contribution in [0, 0.1) is 0 Å².